The van der Waals surface area contributed by atoms with E-state index >= 15 is 0 Å². The Morgan fingerprint density at radius 1 is 1.33 bits per heavy atom. The second kappa shape index (κ2) is 5.31. The molecular formula is C14H13Cl2FN2O2. The van der Waals surface area contributed by atoms with Crippen LogP contribution < -0.4 is 0 Å². The maximum Gasteiger partial charge on any atom is 0.358 e. The highest BCUT2D eigenvalue weighted by atomic mass is 35.5. The molecule has 0 amide bonds. The summed E-state index contributed by atoms with van der Waals surface area (Å²) in [5.74, 6) is -1.85. The van der Waals surface area contributed by atoms with Gasteiger partial charge in [-0.15, -0.1) is 0 Å². The summed E-state index contributed by atoms with van der Waals surface area (Å²) in [6.45, 7) is 5.60. The third-order valence-electron chi connectivity index (χ3n) is 2.89. The predicted octanol–water partition coefficient (Wildman–Crippen LogP) is 4.31. The van der Waals surface area contributed by atoms with E-state index in [1.54, 1.807) is 6.07 Å². The molecule has 0 fully saturated rings. The summed E-state index contributed by atoms with van der Waals surface area (Å²) in [6.07, 6.45) is 0. The van der Waals surface area contributed by atoms with Gasteiger partial charge in [-0.05, 0) is 12.1 Å². The number of carboxylic acid groups (broad SMARTS) is 1. The summed E-state index contributed by atoms with van der Waals surface area (Å²) in [7, 11) is 0. The van der Waals surface area contributed by atoms with Crippen LogP contribution in [-0.2, 0) is 5.41 Å². The van der Waals surface area contributed by atoms with Gasteiger partial charge in [0.15, 0.2) is 5.69 Å². The molecule has 112 valence electrons. The lowest BCUT2D eigenvalue weighted by molar-refractivity contribution is 0.0690. The minimum atomic E-state index is -1.24. The zero-order valence-corrected chi connectivity index (χ0v) is 13.1. The van der Waals surface area contributed by atoms with Gasteiger partial charge in [-0.25, -0.2) is 13.9 Å². The minimum Gasteiger partial charge on any atom is -0.476 e. The quantitative estimate of drug-likeness (QED) is 0.892. The van der Waals surface area contributed by atoms with E-state index in [9.17, 15) is 9.18 Å². The van der Waals surface area contributed by atoms with E-state index in [1.165, 1.54) is 16.8 Å². The fourth-order valence-electron chi connectivity index (χ4n) is 1.99. The lowest BCUT2D eigenvalue weighted by atomic mass is 9.91. The largest absolute Gasteiger partial charge is 0.476 e. The number of rotatable bonds is 2. The number of benzene rings is 1. The van der Waals surface area contributed by atoms with Crippen LogP contribution in [0.2, 0.25) is 10.0 Å². The van der Waals surface area contributed by atoms with Crippen molar-refractivity contribution in [3.63, 3.8) is 0 Å². The second-order valence-corrected chi connectivity index (χ2v) is 6.36. The van der Waals surface area contributed by atoms with Gasteiger partial charge >= 0.3 is 5.97 Å². The first-order valence-corrected chi connectivity index (χ1v) is 6.86. The van der Waals surface area contributed by atoms with Crippen molar-refractivity contribution in [3.05, 3.63) is 45.4 Å². The van der Waals surface area contributed by atoms with Crippen LogP contribution in [0.1, 0.15) is 37.0 Å². The van der Waals surface area contributed by atoms with Crippen LogP contribution in [0.25, 0.3) is 5.69 Å². The Kier molecular flexibility index (Phi) is 4.00. The van der Waals surface area contributed by atoms with Gasteiger partial charge in [0.05, 0.1) is 21.4 Å². The molecule has 1 aromatic carbocycles. The van der Waals surface area contributed by atoms with Gasteiger partial charge in [0.1, 0.15) is 5.82 Å². The summed E-state index contributed by atoms with van der Waals surface area (Å²) in [4.78, 5) is 11.2. The van der Waals surface area contributed by atoms with Crippen LogP contribution >= 0.6 is 23.2 Å². The fourth-order valence-corrected chi connectivity index (χ4v) is 2.59. The van der Waals surface area contributed by atoms with E-state index in [4.69, 9.17) is 28.3 Å². The number of hydrogen-bond donors (Lipinski definition) is 1. The molecule has 0 saturated carbocycles. The summed E-state index contributed by atoms with van der Waals surface area (Å²) >= 11 is 11.8. The van der Waals surface area contributed by atoms with E-state index in [0.29, 0.717) is 11.4 Å². The van der Waals surface area contributed by atoms with Crippen molar-refractivity contribution in [2.24, 2.45) is 0 Å². The van der Waals surface area contributed by atoms with Gasteiger partial charge in [-0.3, -0.25) is 0 Å². The molecule has 1 aromatic heterocycles. The highest BCUT2D eigenvalue weighted by Crippen LogP contribution is 2.34. The predicted molar refractivity (Wildman–Crippen MR) is 79.2 cm³/mol. The first-order valence-electron chi connectivity index (χ1n) is 6.10. The average Bonchev–Trinajstić information content (AvgIpc) is 2.70. The van der Waals surface area contributed by atoms with Crippen molar-refractivity contribution in [3.8, 4) is 5.69 Å². The second-order valence-electron chi connectivity index (χ2n) is 5.58. The van der Waals surface area contributed by atoms with Crippen LogP contribution in [0.5, 0.6) is 0 Å². The Labute approximate surface area is 131 Å². The minimum absolute atomic E-state index is 0.0206. The molecule has 21 heavy (non-hydrogen) atoms. The normalized spacial score (nSPS) is 11.7. The van der Waals surface area contributed by atoms with Crippen LogP contribution in [0.15, 0.2) is 18.2 Å². The molecule has 0 atom stereocenters. The van der Waals surface area contributed by atoms with Crippen LogP contribution in [-0.4, -0.2) is 20.9 Å². The molecule has 2 aromatic rings. The fraction of sp³-hybridized carbons (Fsp3) is 0.286. The SMILES string of the molecule is CC(C)(C)c1c(Cl)c(C(=O)O)nn1-c1ccc(Cl)c(F)c1. The van der Waals surface area contributed by atoms with E-state index in [-0.39, 0.29) is 15.7 Å². The molecule has 0 aliphatic carbocycles. The zero-order chi connectivity index (χ0) is 15.9. The Balaban J connectivity index is 2.75. The van der Waals surface area contributed by atoms with Crippen LogP contribution in [0.4, 0.5) is 4.39 Å². The van der Waals surface area contributed by atoms with Crippen molar-refractivity contribution in [1.29, 1.82) is 0 Å². The highest BCUT2D eigenvalue weighted by molar-refractivity contribution is 6.34. The van der Waals surface area contributed by atoms with Gasteiger partial charge in [-0.1, -0.05) is 44.0 Å². The number of aromatic nitrogens is 2. The van der Waals surface area contributed by atoms with Crippen molar-refractivity contribution >= 4 is 29.2 Å². The van der Waals surface area contributed by atoms with Gasteiger partial charge in [-0.2, -0.15) is 5.10 Å². The molecule has 0 bridgehead atoms. The van der Waals surface area contributed by atoms with E-state index < -0.39 is 17.2 Å². The van der Waals surface area contributed by atoms with Gasteiger partial charge in [0.25, 0.3) is 0 Å². The number of aromatic carboxylic acids is 1. The van der Waals surface area contributed by atoms with Gasteiger partial charge in [0, 0.05) is 11.5 Å². The molecule has 7 heteroatoms. The molecule has 2 rings (SSSR count). The van der Waals surface area contributed by atoms with Crippen LogP contribution in [0, 0.1) is 5.82 Å². The summed E-state index contributed by atoms with van der Waals surface area (Å²) in [5.41, 5.74) is 0.102. The number of carboxylic acids is 1. The number of nitrogens with zero attached hydrogens (tertiary/aromatic N) is 2. The first kappa shape index (κ1) is 15.8. The average molecular weight is 331 g/mol. The lowest BCUT2D eigenvalue weighted by Gasteiger charge is -2.21. The third kappa shape index (κ3) is 2.89. The van der Waals surface area contributed by atoms with E-state index in [1.807, 2.05) is 20.8 Å². The monoisotopic (exact) mass is 330 g/mol. The van der Waals surface area contributed by atoms with Crippen molar-refractivity contribution in [1.82, 2.24) is 9.78 Å². The Hall–Kier alpha value is -1.59. The third-order valence-corrected chi connectivity index (χ3v) is 3.55. The molecule has 0 unspecified atom stereocenters. The Morgan fingerprint density at radius 2 is 1.95 bits per heavy atom. The number of halogens is 3. The molecule has 0 radical (unpaired) electrons. The molecule has 4 nitrogen and oxygen atoms in total. The molecule has 0 aliphatic heterocycles. The topological polar surface area (TPSA) is 55.1 Å². The van der Waals surface area contributed by atoms with Gasteiger partial charge in [0.2, 0.25) is 0 Å². The first-order chi connectivity index (χ1) is 9.62. The standard InChI is InChI=1S/C14H13Cl2FN2O2/c1-14(2,3)12-10(16)11(13(20)21)18-19(12)7-4-5-8(15)9(17)6-7/h4-6H,1-3H3,(H,20,21). The van der Waals surface area contributed by atoms with Crippen molar-refractivity contribution in [2.45, 2.75) is 26.2 Å². The molecule has 1 heterocycles. The van der Waals surface area contributed by atoms with E-state index in [2.05, 4.69) is 5.10 Å². The zero-order valence-electron chi connectivity index (χ0n) is 11.6. The Morgan fingerprint density at radius 3 is 2.43 bits per heavy atom. The summed E-state index contributed by atoms with van der Waals surface area (Å²) < 4.78 is 15.0. The van der Waals surface area contributed by atoms with Crippen molar-refractivity contribution in [2.75, 3.05) is 0 Å². The summed E-state index contributed by atoms with van der Waals surface area (Å²) in [5, 5.41) is 13.2. The smallest absolute Gasteiger partial charge is 0.358 e. The molecule has 0 spiro atoms. The summed E-state index contributed by atoms with van der Waals surface area (Å²) in [6, 6.07) is 4.12. The molecule has 0 aliphatic rings. The lowest BCUT2D eigenvalue weighted by Crippen LogP contribution is -2.18. The number of hydrogen-bond acceptors (Lipinski definition) is 2. The van der Waals surface area contributed by atoms with Gasteiger partial charge < -0.3 is 5.11 Å². The van der Waals surface area contributed by atoms with Crippen LogP contribution in [0.3, 0.4) is 0 Å². The number of carbonyl (C=O) groups is 1. The molecular weight excluding hydrogens is 318 g/mol. The van der Waals surface area contributed by atoms with Crippen molar-refractivity contribution < 1.29 is 14.3 Å². The molecule has 0 saturated heterocycles. The molecule has 1 N–H and O–H groups in total. The van der Waals surface area contributed by atoms with E-state index in [0.717, 1.165) is 0 Å². The Bertz CT molecular complexity index is 720. The maximum absolute atomic E-state index is 13.6. The highest BCUT2D eigenvalue weighted by Gasteiger charge is 2.30. The maximum atomic E-state index is 13.6.